The topological polar surface area (TPSA) is 28.7 Å². The van der Waals surface area contributed by atoms with Crippen molar-refractivity contribution in [2.45, 2.75) is 51.6 Å². The van der Waals surface area contributed by atoms with Crippen LogP contribution >= 0.6 is 0 Å². The average molecular weight is 246 g/mol. The predicted molar refractivity (Wildman–Crippen MR) is 58.8 cm³/mol. The van der Waals surface area contributed by atoms with E-state index in [0.717, 1.165) is 30.8 Å². The lowest BCUT2D eigenvalue weighted by Gasteiger charge is -2.23. The fourth-order valence-electron chi connectivity index (χ4n) is 2.28. The SMILES string of the molecule is CCCCc1nc2c([nH]1)CC(C(F)(F)F)CC2. The van der Waals surface area contributed by atoms with Gasteiger partial charge in [-0.15, -0.1) is 0 Å². The minimum atomic E-state index is -4.08. The van der Waals surface area contributed by atoms with Crippen molar-refractivity contribution in [3.63, 3.8) is 0 Å². The van der Waals surface area contributed by atoms with Crippen molar-refractivity contribution in [2.24, 2.45) is 5.92 Å². The number of imidazole rings is 1. The quantitative estimate of drug-likeness (QED) is 0.869. The van der Waals surface area contributed by atoms with Gasteiger partial charge in [0.15, 0.2) is 0 Å². The normalized spacial score (nSPS) is 20.4. The van der Waals surface area contributed by atoms with Crippen molar-refractivity contribution in [3.05, 3.63) is 17.2 Å². The first-order valence-electron chi connectivity index (χ1n) is 6.14. The van der Waals surface area contributed by atoms with E-state index in [2.05, 4.69) is 16.9 Å². The molecule has 0 radical (unpaired) electrons. The van der Waals surface area contributed by atoms with Crippen LogP contribution < -0.4 is 0 Å². The molecule has 0 aromatic carbocycles. The first kappa shape index (κ1) is 12.5. The van der Waals surface area contributed by atoms with Crippen LogP contribution in [0.4, 0.5) is 13.2 Å². The lowest BCUT2D eigenvalue weighted by molar-refractivity contribution is -0.177. The van der Waals surface area contributed by atoms with Crippen molar-refractivity contribution in [1.29, 1.82) is 0 Å². The zero-order valence-electron chi connectivity index (χ0n) is 9.90. The maximum absolute atomic E-state index is 12.6. The molecule has 5 heteroatoms. The third kappa shape index (κ3) is 2.82. The Bertz CT molecular complexity index is 382. The maximum atomic E-state index is 12.6. The highest BCUT2D eigenvalue weighted by atomic mass is 19.4. The number of rotatable bonds is 3. The lowest BCUT2D eigenvalue weighted by atomic mass is 9.89. The van der Waals surface area contributed by atoms with Crippen molar-refractivity contribution in [3.8, 4) is 0 Å². The molecule has 2 nitrogen and oxygen atoms in total. The second-order valence-corrected chi connectivity index (χ2v) is 4.69. The fraction of sp³-hybridized carbons (Fsp3) is 0.750. The Hall–Kier alpha value is -1.00. The number of aromatic amines is 1. The number of nitrogens with zero attached hydrogens (tertiary/aromatic N) is 1. The van der Waals surface area contributed by atoms with Gasteiger partial charge in [0.1, 0.15) is 5.82 Å². The van der Waals surface area contributed by atoms with E-state index in [4.69, 9.17) is 0 Å². The number of unbranched alkanes of at least 4 members (excludes halogenated alkanes) is 1. The van der Waals surface area contributed by atoms with Crippen LogP contribution in [0.2, 0.25) is 0 Å². The monoisotopic (exact) mass is 246 g/mol. The molecule has 0 bridgehead atoms. The van der Waals surface area contributed by atoms with E-state index in [9.17, 15) is 13.2 Å². The van der Waals surface area contributed by atoms with Gasteiger partial charge >= 0.3 is 6.18 Å². The molecule has 2 rings (SSSR count). The summed E-state index contributed by atoms with van der Waals surface area (Å²) in [6.45, 7) is 2.09. The molecule has 1 atom stereocenters. The molecule has 1 aromatic rings. The molecule has 0 fully saturated rings. The van der Waals surface area contributed by atoms with Gasteiger partial charge in [0.2, 0.25) is 0 Å². The molecular weight excluding hydrogens is 229 g/mol. The molecule has 17 heavy (non-hydrogen) atoms. The molecular formula is C12H17F3N2. The van der Waals surface area contributed by atoms with Gasteiger partial charge in [0, 0.05) is 18.5 Å². The summed E-state index contributed by atoms with van der Waals surface area (Å²) in [5.41, 5.74) is 1.54. The number of nitrogens with one attached hydrogen (secondary N) is 1. The molecule has 1 N–H and O–H groups in total. The average Bonchev–Trinajstić information content (AvgIpc) is 2.66. The Morgan fingerprint density at radius 3 is 2.82 bits per heavy atom. The Kier molecular flexibility index (Phi) is 3.45. The standard InChI is InChI=1S/C12H17F3N2/c1-2-3-4-11-16-9-6-5-8(12(13,14)15)7-10(9)17-11/h8H,2-7H2,1H3,(H,16,17). The Morgan fingerprint density at radius 2 is 2.18 bits per heavy atom. The van der Waals surface area contributed by atoms with E-state index in [1.54, 1.807) is 0 Å². The van der Waals surface area contributed by atoms with Gasteiger partial charge in [-0.2, -0.15) is 13.2 Å². The summed E-state index contributed by atoms with van der Waals surface area (Å²) < 4.78 is 37.8. The number of fused-ring (bicyclic) bond motifs is 1. The summed E-state index contributed by atoms with van der Waals surface area (Å²) in [7, 11) is 0. The van der Waals surface area contributed by atoms with Gasteiger partial charge in [-0.05, 0) is 19.3 Å². The zero-order chi connectivity index (χ0) is 12.5. The van der Waals surface area contributed by atoms with Gasteiger partial charge < -0.3 is 4.98 Å². The largest absolute Gasteiger partial charge is 0.392 e. The molecule has 1 aromatic heterocycles. The van der Waals surface area contributed by atoms with Crippen LogP contribution in [0.3, 0.4) is 0 Å². The Balaban J connectivity index is 2.07. The van der Waals surface area contributed by atoms with E-state index in [0.29, 0.717) is 12.1 Å². The van der Waals surface area contributed by atoms with Gasteiger partial charge in [-0.25, -0.2) is 4.98 Å². The van der Waals surface area contributed by atoms with Crippen LogP contribution in [0.1, 0.15) is 43.4 Å². The van der Waals surface area contributed by atoms with Crippen molar-refractivity contribution in [1.82, 2.24) is 9.97 Å². The summed E-state index contributed by atoms with van der Waals surface area (Å²) in [5.74, 6) is -0.353. The first-order chi connectivity index (χ1) is 8.00. The highest BCUT2D eigenvalue weighted by Gasteiger charge is 2.41. The smallest absolute Gasteiger partial charge is 0.346 e. The molecule has 0 amide bonds. The lowest BCUT2D eigenvalue weighted by Crippen LogP contribution is -2.28. The van der Waals surface area contributed by atoms with Gasteiger partial charge in [0.05, 0.1) is 11.6 Å². The minimum absolute atomic E-state index is 0.0674. The molecule has 1 aliphatic carbocycles. The number of aromatic nitrogens is 2. The number of H-pyrrole nitrogens is 1. The first-order valence-corrected chi connectivity index (χ1v) is 6.14. The molecule has 96 valence electrons. The van der Waals surface area contributed by atoms with E-state index < -0.39 is 12.1 Å². The molecule has 1 heterocycles. The summed E-state index contributed by atoms with van der Waals surface area (Å²) in [4.78, 5) is 7.44. The number of hydrogen-bond donors (Lipinski definition) is 1. The van der Waals surface area contributed by atoms with Gasteiger partial charge in [-0.3, -0.25) is 0 Å². The fourth-order valence-corrected chi connectivity index (χ4v) is 2.28. The van der Waals surface area contributed by atoms with Crippen molar-refractivity contribution >= 4 is 0 Å². The Morgan fingerprint density at radius 1 is 1.41 bits per heavy atom. The number of alkyl halides is 3. The summed E-state index contributed by atoms with van der Waals surface area (Å²) in [6.07, 6.45) is -0.465. The third-order valence-corrected chi connectivity index (χ3v) is 3.32. The van der Waals surface area contributed by atoms with Crippen LogP contribution in [0.25, 0.3) is 0 Å². The Labute approximate surface area is 98.6 Å². The second kappa shape index (κ2) is 4.70. The van der Waals surface area contributed by atoms with Crippen LogP contribution in [-0.4, -0.2) is 16.1 Å². The molecule has 0 aliphatic heterocycles. The zero-order valence-corrected chi connectivity index (χ0v) is 9.90. The van der Waals surface area contributed by atoms with Gasteiger partial charge in [0.25, 0.3) is 0 Å². The highest BCUT2D eigenvalue weighted by molar-refractivity contribution is 5.19. The number of halogens is 3. The van der Waals surface area contributed by atoms with Crippen molar-refractivity contribution in [2.75, 3.05) is 0 Å². The molecule has 1 unspecified atom stereocenters. The van der Waals surface area contributed by atoms with E-state index in [-0.39, 0.29) is 12.8 Å². The van der Waals surface area contributed by atoms with Gasteiger partial charge in [-0.1, -0.05) is 13.3 Å². The van der Waals surface area contributed by atoms with E-state index in [1.807, 2.05) is 0 Å². The van der Waals surface area contributed by atoms with Crippen molar-refractivity contribution < 1.29 is 13.2 Å². The van der Waals surface area contributed by atoms with E-state index in [1.165, 1.54) is 0 Å². The number of hydrogen-bond acceptors (Lipinski definition) is 1. The summed E-state index contributed by atoms with van der Waals surface area (Å²) >= 11 is 0. The molecule has 0 spiro atoms. The molecule has 0 saturated carbocycles. The van der Waals surface area contributed by atoms with Crippen LogP contribution in [-0.2, 0) is 19.3 Å². The minimum Gasteiger partial charge on any atom is -0.346 e. The number of aryl methyl sites for hydroxylation is 2. The highest BCUT2D eigenvalue weighted by Crippen LogP contribution is 2.36. The third-order valence-electron chi connectivity index (χ3n) is 3.32. The summed E-state index contributed by atoms with van der Waals surface area (Å²) in [5, 5.41) is 0. The van der Waals surface area contributed by atoms with E-state index >= 15 is 0 Å². The second-order valence-electron chi connectivity index (χ2n) is 4.69. The molecule has 0 saturated heterocycles. The molecule has 1 aliphatic rings. The maximum Gasteiger partial charge on any atom is 0.392 e. The van der Waals surface area contributed by atoms with Crippen LogP contribution in [0.15, 0.2) is 0 Å². The predicted octanol–water partition coefficient (Wildman–Crippen LogP) is 3.42. The summed E-state index contributed by atoms with van der Waals surface area (Å²) in [6, 6.07) is 0. The van der Waals surface area contributed by atoms with Crippen LogP contribution in [0.5, 0.6) is 0 Å². The van der Waals surface area contributed by atoms with Crippen LogP contribution in [0, 0.1) is 5.92 Å².